The predicted octanol–water partition coefficient (Wildman–Crippen LogP) is 5.03. The van der Waals surface area contributed by atoms with Gasteiger partial charge in [0.1, 0.15) is 11.5 Å². The average molecular weight is 453 g/mol. The van der Waals surface area contributed by atoms with Gasteiger partial charge in [-0.25, -0.2) is 0 Å². The van der Waals surface area contributed by atoms with E-state index in [0.29, 0.717) is 12.6 Å². The third-order valence-electron chi connectivity index (χ3n) is 5.46. The molecule has 1 N–H and O–H groups in total. The Hall–Kier alpha value is -3.00. The van der Waals surface area contributed by atoms with Crippen molar-refractivity contribution in [3.63, 3.8) is 0 Å². The van der Waals surface area contributed by atoms with Crippen LogP contribution in [0.15, 0.2) is 53.7 Å². The van der Waals surface area contributed by atoms with E-state index < -0.39 is 0 Å². The van der Waals surface area contributed by atoms with Crippen LogP contribution in [0.3, 0.4) is 0 Å². The molecule has 168 valence electrons. The highest BCUT2D eigenvalue weighted by Gasteiger charge is 2.18. The molecular formula is C24H28N4O3S. The van der Waals surface area contributed by atoms with Gasteiger partial charge in [0, 0.05) is 17.8 Å². The Bertz CT molecular complexity index is 1030. The third kappa shape index (κ3) is 5.43. The van der Waals surface area contributed by atoms with Crippen LogP contribution in [0.4, 0.5) is 5.69 Å². The number of methoxy groups -OCH3 is 1. The summed E-state index contributed by atoms with van der Waals surface area (Å²) in [5.74, 6) is 2.59. The first kappa shape index (κ1) is 22.2. The van der Waals surface area contributed by atoms with Gasteiger partial charge in [-0.3, -0.25) is 4.79 Å². The fraction of sp³-hybridized carbons (Fsp3) is 0.375. The number of nitrogens with zero attached hydrogens (tertiary/aromatic N) is 3. The molecule has 1 saturated carbocycles. The first-order valence-corrected chi connectivity index (χ1v) is 11.9. The SMILES string of the molecule is CCn1c(SCC(=O)Nc2ccc(OC)cc2)nnc1-c1ccc(OC2CCCC2)cc1. The lowest BCUT2D eigenvalue weighted by atomic mass is 10.2. The van der Waals surface area contributed by atoms with Crippen LogP contribution in [0.5, 0.6) is 11.5 Å². The van der Waals surface area contributed by atoms with Gasteiger partial charge in [0.25, 0.3) is 0 Å². The van der Waals surface area contributed by atoms with Gasteiger partial charge in [0.15, 0.2) is 11.0 Å². The number of anilines is 1. The lowest BCUT2D eigenvalue weighted by Crippen LogP contribution is -2.14. The zero-order valence-electron chi connectivity index (χ0n) is 18.4. The zero-order chi connectivity index (χ0) is 22.3. The number of aromatic nitrogens is 3. The third-order valence-corrected chi connectivity index (χ3v) is 6.42. The number of carbonyl (C=O) groups excluding carboxylic acids is 1. The summed E-state index contributed by atoms with van der Waals surface area (Å²) in [7, 11) is 1.61. The molecule has 1 aliphatic carbocycles. The molecule has 8 heteroatoms. The Morgan fingerprint density at radius 3 is 2.41 bits per heavy atom. The first-order chi connectivity index (χ1) is 15.7. The van der Waals surface area contributed by atoms with Crippen molar-refractivity contribution in [1.82, 2.24) is 14.8 Å². The minimum atomic E-state index is -0.0965. The van der Waals surface area contributed by atoms with E-state index in [4.69, 9.17) is 9.47 Å². The molecule has 2 aromatic carbocycles. The average Bonchev–Trinajstić information content (AvgIpc) is 3.48. The number of thioether (sulfide) groups is 1. The standard InChI is InChI=1S/C24H28N4O3S/c1-3-28-23(17-8-12-21(13-9-17)31-20-6-4-5-7-20)26-27-24(28)32-16-22(29)25-18-10-14-19(30-2)15-11-18/h8-15,20H,3-7,16H2,1-2H3,(H,25,29). The van der Waals surface area contributed by atoms with Crippen molar-refractivity contribution in [2.75, 3.05) is 18.2 Å². The highest BCUT2D eigenvalue weighted by Crippen LogP contribution is 2.28. The summed E-state index contributed by atoms with van der Waals surface area (Å²) in [5, 5.41) is 12.3. The number of amides is 1. The number of rotatable bonds is 9. The predicted molar refractivity (Wildman–Crippen MR) is 126 cm³/mol. The fourth-order valence-electron chi connectivity index (χ4n) is 3.78. The molecule has 0 bridgehead atoms. The summed E-state index contributed by atoms with van der Waals surface area (Å²) in [6, 6.07) is 15.3. The molecule has 0 saturated heterocycles. The quantitative estimate of drug-likeness (QED) is 0.459. The second-order valence-electron chi connectivity index (χ2n) is 7.66. The van der Waals surface area contributed by atoms with Gasteiger partial charge in [-0.2, -0.15) is 0 Å². The largest absolute Gasteiger partial charge is 0.497 e. The maximum absolute atomic E-state index is 12.4. The molecular weight excluding hydrogens is 424 g/mol. The number of ether oxygens (including phenoxy) is 2. The summed E-state index contributed by atoms with van der Waals surface area (Å²) < 4.78 is 13.2. The molecule has 0 spiro atoms. The number of hydrogen-bond acceptors (Lipinski definition) is 6. The minimum absolute atomic E-state index is 0.0965. The Labute approximate surface area is 192 Å². The lowest BCUT2D eigenvalue weighted by molar-refractivity contribution is -0.113. The molecule has 1 amide bonds. The second-order valence-corrected chi connectivity index (χ2v) is 8.61. The molecule has 0 radical (unpaired) electrons. The maximum atomic E-state index is 12.4. The van der Waals surface area contributed by atoms with Crippen molar-refractivity contribution in [3.8, 4) is 22.9 Å². The van der Waals surface area contributed by atoms with E-state index in [1.54, 1.807) is 7.11 Å². The molecule has 1 aliphatic rings. The second kappa shape index (κ2) is 10.5. The fourth-order valence-corrected chi connectivity index (χ4v) is 4.58. The summed E-state index contributed by atoms with van der Waals surface area (Å²) in [5.41, 5.74) is 1.71. The van der Waals surface area contributed by atoms with Crippen LogP contribution in [0.1, 0.15) is 32.6 Å². The molecule has 32 heavy (non-hydrogen) atoms. The van der Waals surface area contributed by atoms with E-state index >= 15 is 0 Å². The minimum Gasteiger partial charge on any atom is -0.497 e. The zero-order valence-corrected chi connectivity index (χ0v) is 19.2. The van der Waals surface area contributed by atoms with Crippen molar-refractivity contribution >= 4 is 23.4 Å². The topological polar surface area (TPSA) is 78.3 Å². The number of hydrogen-bond donors (Lipinski definition) is 1. The van der Waals surface area contributed by atoms with Crippen molar-refractivity contribution in [2.24, 2.45) is 0 Å². The van der Waals surface area contributed by atoms with Crippen LogP contribution in [0, 0.1) is 0 Å². The van der Waals surface area contributed by atoms with Crippen molar-refractivity contribution in [2.45, 2.75) is 50.4 Å². The van der Waals surface area contributed by atoms with Gasteiger partial charge >= 0.3 is 0 Å². The summed E-state index contributed by atoms with van der Waals surface area (Å²) >= 11 is 1.37. The molecule has 3 aromatic rings. The molecule has 1 fully saturated rings. The van der Waals surface area contributed by atoms with E-state index in [0.717, 1.165) is 46.6 Å². The molecule has 1 heterocycles. The van der Waals surface area contributed by atoms with E-state index in [1.807, 2.05) is 60.0 Å². The first-order valence-electron chi connectivity index (χ1n) is 10.9. The van der Waals surface area contributed by atoms with Gasteiger partial charge in [-0.1, -0.05) is 11.8 Å². The number of nitrogens with one attached hydrogen (secondary N) is 1. The van der Waals surface area contributed by atoms with Crippen LogP contribution < -0.4 is 14.8 Å². The van der Waals surface area contributed by atoms with Crippen molar-refractivity contribution in [1.29, 1.82) is 0 Å². The van der Waals surface area contributed by atoms with Gasteiger partial charge in [0.05, 0.1) is 19.0 Å². The number of benzene rings is 2. The molecule has 0 unspecified atom stereocenters. The maximum Gasteiger partial charge on any atom is 0.234 e. The molecule has 1 aromatic heterocycles. The molecule has 0 aliphatic heterocycles. The van der Waals surface area contributed by atoms with Crippen molar-refractivity contribution < 1.29 is 14.3 Å². The van der Waals surface area contributed by atoms with E-state index in [2.05, 4.69) is 15.5 Å². The van der Waals surface area contributed by atoms with Crippen LogP contribution in [0.2, 0.25) is 0 Å². The van der Waals surface area contributed by atoms with Gasteiger partial charge in [0.2, 0.25) is 5.91 Å². The highest BCUT2D eigenvalue weighted by molar-refractivity contribution is 7.99. The van der Waals surface area contributed by atoms with Gasteiger partial charge < -0.3 is 19.4 Å². The van der Waals surface area contributed by atoms with Crippen LogP contribution in [-0.2, 0) is 11.3 Å². The number of carbonyl (C=O) groups is 1. The lowest BCUT2D eigenvalue weighted by Gasteiger charge is -2.13. The van der Waals surface area contributed by atoms with Crippen LogP contribution >= 0.6 is 11.8 Å². The summed E-state index contributed by atoms with van der Waals surface area (Å²) in [4.78, 5) is 12.4. The van der Waals surface area contributed by atoms with E-state index in [-0.39, 0.29) is 11.7 Å². The smallest absolute Gasteiger partial charge is 0.234 e. The Morgan fingerprint density at radius 1 is 1.06 bits per heavy atom. The Morgan fingerprint density at radius 2 is 1.75 bits per heavy atom. The van der Waals surface area contributed by atoms with Gasteiger partial charge in [-0.15, -0.1) is 10.2 Å². The molecule has 0 atom stereocenters. The summed E-state index contributed by atoms with van der Waals surface area (Å²) in [6.45, 7) is 2.76. The summed E-state index contributed by atoms with van der Waals surface area (Å²) in [6.07, 6.45) is 5.12. The molecule has 7 nitrogen and oxygen atoms in total. The van der Waals surface area contributed by atoms with Crippen molar-refractivity contribution in [3.05, 3.63) is 48.5 Å². The van der Waals surface area contributed by atoms with Crippen LogP contribution in [0.25, 0.3) is 11.4 Å². The highest BCUT2D eigenvalue weighted by atomic mass is 32.2. The van der Waals surface area contributed by atoms with Crippen LogP contribution in [-0.4, -0.2) is 39.6 Å². The molecule has 4 rings (SSSR count). The van der Waals surface area contributed by atoms with Gasteiger partial charge in [-0.05, 0) is 81.1 Å². The normalized spacial score (nSPS) is 13.8. The monoisotopic (exact) mass is 452 g/mol. The Balaban J connectivity index is 1.37. The van der Waals surface area contributed by atoms with E-state index in [9.17, 15) is 4.79 Å². The van der Waals surface area contributed by atoms with E-state index in [1.165, 1.54) is 24.6 Å². The Kier molecular flexibility index (Phi) is 7.32.